The topological polar surface area (TPSA) is 50.9 Å². The van der Waals surface area contributed by atoms with Gasteiger partial charge in [0, 0.05) is 19.4 Å². The lowest BCUT2D eigenvalue weighted by atomic mass is 10.1. The molecule has 1 aromatic heterocycles. The molecule has 2 atom stereocenters. The van der Waals surface area contributed by atoms with Crippen LogP contribution in [0.2, 0.25) is 0 Å². The molecule has 1 aliphatic carbocycles. The number of rotatable bonds is 4. The monoisotopic (exact) mass is 245 g/mol. The fraction of sp³-hybridized carbons (Fsp3) is 0.818. The largest absolute Gasteiger partial charge is 0.387 e. The SMILES string of the molecule is CCC(O)c1cn(CC2CCC(F)(F)C2)nn1. The second kappa shape index (κ2) is 4.68. The third kappa shape index (κ3) is 3.00. The summed E-state index contributed by atoms with van der Waals surface area (Å²) in [5.74, 6) is -2.56. The lowest BCUT2D eigenvalue weighted by Crippen LogP contribution is -2.13. The number of aromatic nitrogens is 3. The molecule has 1 heterocycles. The molecule has 0 spiro atoms. The first kappa shape index (κ1) is 12.4. The second-order valence-electron chi connectivity index (χ2n) is 4.75. The summed E-state index contributed by atoms with van der Waals surface area (Å²) in [5, 5.41) is 17.2. The Morgan fingerprint density at radius 2 is 2.41 bits per heavy atom. The van der Waals surface area contributed by atoms with Crippen molar-refractivity contribution in [2.24, 2.45) is 5.92 Å². The zero-order valence-electron chi connectivity index (χ0n) is 9.81. The predicted molar refractivity (Wildman–Crippen MR) is 57.6 cm³/mol. The molecule has 96 valence electrons. The quantitative estimate of drug-likeness (QED) is 0.884. The highest BCUT2D eigenvalue weighted by molar-refractivity contribution is 4.97. The molecular formula is C11H17F2N3O. The molecule has 4 nitrogen and oxygen atoms in total. The van der Waals surface area contributed by atoms with Gasteiger partial charge in [-0.05, 0) is 18.8 Å². The minimum Gasteiger partial charge on any atom is -0.387 e. The van der Waals surface area contributed by atoms with E-state index in [0.29, 0.717) is 25.1 Å². The van der Waals surface area contributed by atoms with Gasteiger partial charge in [0.05, 0.1) is 12.3 Å². The number of nitrogens with zero attached hydrogens (tertiary/aromatic N) is 3. The Morgan fingerprint density at radius 1 is 1.65 bits per heavy atom. The zero-order valence-corrected chi connectivity index (χ0v) is 9.81. The Morgan fingerprint density at radius 3 is 3.00 bits per heavy atom. The standard InChI is InChI=1S/C11H17F2N3O/c1-2-10(17)9-7-16(15-14-9)6-8-3-4-11(12,13)5-8/h7-8,10,17H,2-6H2,1H3. The van der Waals surface area contributed by atoms with E-state index in [4.69, 9.17) is 0 Å². The van der Waals surface area contributed by atoms with Crippen molar-refractivity contribution in [1.82, 2.24) is 15.0 Å². The Kier molecular flexibility index (Phi) is 3.42. The van der Waals surface area contributed by atoms with Crippen molar-refractivity contribution >= 4 is 0 Å². The van der Waals surface area contributed by atoms with Gasteiger partial charge >= 0.3 is 0 Å². The zero-order chi connectivity index (χ0) is 12.5. The number of hydrogen-bond donors (Lipinski definition) is 1. The van der Waals surface area contributed by atoms with Gasteiger partial charge < -0.3 is 5.11 Å². The second-order valence-corrected chi connectivity index (χ2v) is 4.75. The van der Waals surface area contributed by atoms with Crippen LogP contribution in [-0.2, 0) is 6.54 Å². The molecule has 17 heavy (non-hydrogen) atoms. The Balaban J connectivity index is 1.94. The van der Waals surface area contributed by atoms with Crippen molar-refractivity contribution < 1.29 is 13.9 Å². The third-order valence-electron chi connectivity index (χ3n) is 3.24. The smallest absolute Gasteiger partial charge is 0.248 e. The fourth-order valence-corrected chi connectivity index (χ4v) is 2.23. The van der Waals surface area contributed by atoms with Crippen molar-refractivity contribution in [2.45, 2.75) is 51.2 Å². The molecule has 0 aromatic carbocycles. The number of alkyl halides is 2. The molecule has 0 bridgehead atoms. The van der Waals surface area contributed by atoms with Gasteiger partial charge in [-0.3, -0.25) is 4.68 Å². The van der Waals surface area contributed by atoms with Crippen molar-refractivity contribution in [3.05, 3.63) is 11.9 Å². The van der Waals surface area contributed by atoms with E-state index in [-0.39, 0.29) is 18.8 Å². The van der Waals surface area contributed by atoms with Crippen molar-refractivity contribution in [2.75, 3.05) is 0 Å². The van der Waals surface area contributed by atoms with E-state index in [9.17, 15) is 13.9 Å². The number of aliphatic hydroxyl groups excluding tert-OH is 1. The van der Waals surface area contributed by atoms with Crippen LogP contribution in [0.3, 0.4) is 0 Å². The summed E-state index contributed by atoms with van der Waals surface area (Å²) in [4.78, 5) is 0. The van der Waals surface area contributed by atoms with Gasteiger partial charge in [0.1, 0.15) is 5.69 Å². The van der Waals surface area contributed by atoms with Crippen LogP contribution < -0.4 is 0 Å². The first-order valence-electron chi connectivity index (χ1n) is 5.96. The Labute approximate surface area is 98.6 Å². The highest BCUT2D eigenvalue weighted by Crippen LogP contribution is 2.39. The summed E-state index contributed by atoms with van der Waals surface area (Å²) in [7, 11) is 0. The first-order chi connectivity index (χ1) is 8.00. The molecule has 0 saturated heterocycles. The van der Waals surface area contributed by atoms with Crippen LogP contribution in [0.1, 0.15) is 44.4 Å². The average Bonchev–Trinajstić information content (AvgIpc) is 2.85. The summed E-state index contributed by atoms with van der Waals surface area (Å²) in [5.41, 5.74) is 0.511. The maximum Gasteiger partial charge on any atom is 0.248 e. The Hall–Kier alpha value is -1.04. The van der Waals surface area contributed by atoms with Crippen LogP contribution in [0, 0.1) is 5.92 Å². The molecule has 1 aromatic rings. The van der Waals surface area contributed by atoms with Gasteiger partial charge in [0.2, 0.25) is 5.92 Å². The van der Waals surface area contributed by atoms with E-state index in [0.717, 1.165) is 0 Å². The van der Waals surface area contributed by atoms with Crippen molar-refractivity contribution in [3.8, 4) is 0 Å². The minimum absolute atomic E-state index is 0.0309. The maximum absolute atomic E-state index is 13.0. The van der Waals surface area contributed by atoms with Crippen LogP contribution in [0.25, 0.3) is 0 Å². The summed E-state index contributed by atoms with van der Waals surface area (Å²) in [6, 6.07) is 0. The normalized spacial score (nSPS) is 25.1. The highest BCUT2D eigenvalue weighted by atomic mass is 19.3. The highest BCUT2D eigenvalue weighted by Gasteiger charge is 2.39. The number of hydrogen-bond acceptors (Lipinski definition) is 3. The molecule has 0 radical (unpaired) electrons. The van der Waals surface area contributed by atoms with Gasteiger partial charge in [-0.25, -0.2) is 8.78 Å². The molecule has 6 heteroatoms. The summed E-state index contributed by atoms with van der Waals surface area (Å²) in [6.07, 6.45) is 2.02. The van der Waals surface area contributed by atoms with Crippen molar-refractivity contribution in [1.29, 1.82) is 0 Å². The van der Waals surface area contributed by atoms with Crippen LogP contribution in [0.15, 0.2) is 6.20 Å². The lowest BCUT2D eigenvalue weighted by molar-refractivity contribution is 0.00420. The van der Waals surface area contributed by atoms with Gasteiger partial charge in [-0.2, -0.15) is 0 Å². The molecule has 1 fully saturated rings. The molecular weight excluding hydrogens is 228 g/mol. The fourth-order valence-electron chi connectivity index (χ4n) is 2.23. The molecule has 1 N–H and O–H groups in total. The number of aliphatic hydroxyl groups is 1. The van der Waals surface area contributed by atoms with Crippen LogP contribution in [-0.4, -0.2) is 26.0 Å². The van der Waals surface area contributed by atoms with Gasteiger partial charge in [-0.15, -0.1) is 5.10 Å². The molecule has 0 amide bonds. The van der Waals surface area contributed by atoms with Crippen molar-refractivity contribution in [3.63, 3.8) is 0 Å². The van der Waals surface area contributed by atoms with E-state index in [1.807, 2.05) is 6.92 Å². The van der Waals surface area contributed by atoms with E-state index >= 15 is 0 Å². The van der Waals surface area contributed by atoms with Gasteiger partial charge in [-0.1, -0.05) is 12.1 Å². The summed E-state index contributed by atoms with van der Waals surface area (Å²) in [6.45, 7) is 2.31. The van der Waals surface area contributed by atoms with E-state index in [2.05, 4.69) is 10.3 Å². The molecule has 0 aliphatic heterocycles. The van der Waals surface area contributed by atoms with E-state index < -0.39 is 12.0 Å². The Bertz CT molecular complexity index is 381. The van der Waals surface area contributed by atoms with Crippen LogP contribution >= 0.6 is 0 Å². The van der Waals surface area contributed by atoms with Crippen LogP contribution in [0.4, 0.5) is 8.78 Å². The van der Waals surface area contributed by atoms with Crippen LogP contribution in [0.5, 0.6) is 0 Å². The van der Waals surface area contributed by atoms with E-state index in [1.54, 1.807) is 10.9 Å². The average molecular weight is 245 g/mol. The lowest BCUT2D eigenvalue weighted by Gasteiger charge is -2.09. The van der Waals surface area contributed by atoms with Gasteiger partial charge in [0.15, 0.2) is 0 Å². The summed E-state index contributed by atoms with van der Waals surface area (Å²) >= 11 is 0. The number of halogens is 2. The van der Waals surface area contributed by atoms with E-state index in [1.165, 1.54) is 0 Å². The first-order valence-corrected chi connectivity index (χ1v) is 5.96. The van der Waals surface area contributed by atoms with Gasteiger partial charge in [0.25, 0.3) is 0 Å². The molecule has 2 unspecified atom stereocenters. The minimum atomic E-state index is -2.52. The third-order valence-corrected chi connectivity index (χ3v) is 3.24. The predicted octanol–water partition coefficient (Wildman–Crippen LogP) is 2.16. The molecule has 1 aliphatic rings. The summed E-state index contributed by atoms with van der Waals surface area (Å²) < 4.78 is 27.6. The molecule has 1 saturated carbocycles. The maximum atomic E-state index is 13.0. The molecule has 2 rings (SSSR count).